The molecule has 1 aliphatic heterocycles. The molecule has 0 spiro atoms. The highest BCUT2D eigenvalue weighted by molar-refractivity contribution is 7.89. The van der Waals surface area contributed by atoms with E-state index in [1.807, 2.05) is 43.3 Å². The number of benzene rings is 2. The molecule has 0 aliphatic carbocycles. The number of fused-ring (bicyclic) bond motifs is 1. The number of sulfonamides is 1. The second-order valence-electron chi connectivity index (χ2n) is 6.34. The van der Waals surface area contributed by atoms with Gasteiger partial charge in [-0.05, 0) is 38.1 Å². The number of aryl methyl sites for hydroxylation is 1. The summed E-state index contributed by atoms with van der Waals surface area (Å²) in [6, 6.07) is 14.8. The molecule has 0 amide bonds. The van der Waals surface area contributed by atoms with Gasteiger partial charge in [-0.1, -0.05) is 29.8 Å². The summed E-state index contributed by atoms with van der Waals surface area (Å²) >= 11 is 0. The standard InChI is InChI=1S/C19H24N2O3S/c1-4-21-14-16(24-19-8-6-5-7-18(19)21)13-20(3)25(22,23)17-11-9-15(2)10-12-17/h5-12,16H,4,13-14H2,1-3H3/t16-/m1/s1. The minimum atomic E-state index is -3.52. The van der Waals surface area contributed by atoms with E-state index in [2.05, 4.69) is 11.8 Å². The van der Waals surface area contributed by atoms with Gasteiger partial charge < -0.3 is 9.64 Å². The Hall–Kier alpha value is -2.05. The number of anilines is 1. The summed E-state index contributed by atoms with van der Waals surface area (Å²) in [6.45, 7) is 5.85. The second kappa shape index (κ2) is 7.06. The van der Waals surface area contributed by atoms with E-state index in [-0.39, 0.29) is 6.10 Å². The van der Waals surface area contributed by atoms with Crippen LogP contribution in [0.2, 0.25) is 0 Å². The monoisotopic (exact) mass is 360 g/mol. The Morgan fingerprint density at radius 1 is 1.16 bits per heavy atom. The highest BCUT2D eigenvalue weighted by Crippen LogP contribution is 2.33. The van der Waals surface area contributed by atoms with Crippen LogP contribution in [0.25, 0.3) is 0 Å². The lowest BCUT2D eigenvalue weighted by Crippen LogP contribution is -2.46. The lowest BCUT2D eigenvalue weighted by Gasteiger charge is -2.36. The van der Waals surface area contributed by atoms with Gasteiger partial charge in [-0.25, -0.2) is 8.42 Å². The largest absolute Gasteiger partial charge is 0.485 e. The molecule has 1 atom stereocenters. The van der Waals surface area contributed by atoms with Crippen LogP contribution in [-0.4, -0.2) is 45.5 Å². The first kappa shape index (κ1) is 17.8. The third kappa shape index (κ3) is 3.65. The zero-order valence-corrected chi connectivity index (χ0v) is 15.7. The molecule has 0 aromatic heterocycles. The van der Waals surface area contributed by atoms with Crippen molar-refractivity contribution in [3.63, 3.8) is 0 Å². The Labute approximate surface area is 149 Å². The van der Waals surface area contributed by atoms with Gasteiger partial charge in [0, 0.05) is 13.6 Å². The number of nitrogens with zero attached hydrogens (tertiary/aromatic N) is 2. The molecule has 0 N–H and O–H groups in total. The number of ether oxygens (including phenoxy) is 1. The Bertz CT molecular complexity index is 834. The summed E-state index contributed by atoms with van der Waals surface area (Å²) in [7, 11) is -1.92. The average Bonchev–Trinajstić information content (AvgIpc) is 2.61. The molecule has 0 radical (unpaired) electrons. The number of para-hydroxylation sites is 2. The van der Waals surface area contributed by atoms with Crippen molar-refractivity contribution in [3.05, 3.63) is 54.1 Å². The fourth-order valence-electron chi connectivity index (χ4n) is 3.05. The molecule has 0 saturated carbocycles. The zero-order valence-electron chi connectivity index (χ0n) is 14.8. The van der Waals surface area contributed by atoms with Crippen molar-refractivity contribution in [2.45, 2.75) is 24.8 Å². The number of rotatable bonds is 5. The quantitative estimate of drug-likeness (QED) is 0.823. The molecule has 6 heteroatoms. The Balaban J connectivity index is 1.77. The van der Waals surface area contributed by atoms with Gasteiger partial charge in [-0.15, -0.1) is 0 Å². The molecule has 0 fully saturated rings. The Kier molecular flexibility index (Phi) is 5.01. The summed E-state index contributed by atoms with van der Waals surface area (Å²) in [4.78, 5) is 2.53. The molecule has 2 aromatic rings. The Morgan fingerprint density at radius 2 is 1.84 bits per heavy atom. The van der Waals surface area contributed by atoms with E-state index in [9.17, 15) is 8.42 Å². The predicted molar refractivity (Wildman–Crippen MR) is 99.7 cm³/mol. The zero-order chi connectivity index (χ0) is 18.0. The summed E-state index contributed by atoms with van der Waals surface area (Å²) in [5, 5.41) is 0. The first-order valence-corrected chi connectivity index (χ1v) is 9.89. The molecule has 0 unspecified atom stereocenters. The predicted octanol–water partition coefficient (Wildman–Crippen LogP) is 2.90. The topological polar surface area (TPSA) is 49.9 Å². The lowest BCUT2D eigenvalue weighted by molar-refractivity contribution is 0.171. The van der Waals surface area contributed by atoms with Gasteiger partial charge >= 0.3 is 0 Å². The van der Waals surface area contributed by atoms with Crippen LogP contribution >= 0.6 is 0 Å². The lowest BCUT2D eigenvalue weighted by atomic mass is 10.2. The van der Waals surface area contributed by atoms with Crippen LogP contribution in [0.15, 0.2) is 53.4 Å². The molecular formula is C19H24N2O3S. The van der Waals surface area contributed by atoms with Gasteiger partial charge in [0.25, 0.3) is 0 Å². The highest BCUT2D eigenvalue weighted by Gasteiger charge is 2.29. The van der Waals surface area contributed by atoms with Gasteiger partial charge in [-0.2, -0.15) is 4.31 Å². The molecule has 1 heterocycles. The van der Waals surface area contributed by atoms with Gasteiger partial charge in [0.15, 0.2) is 0 Å². The van der Waals surface area contributed by atoms with Gasteiger partial charge in [0.2, 0.25) is 10.0 Å². The van der Waals surface area contributed by atoms with Crippen molar-refractivity contribution in [2.24, 2.45) is 0 Å². The molecule has 134 valence electrons. The van der Waals surface area contributed by atoms with Crippen molar-refractivity contribution in [1.82, 2.24) is 4.31 Å². The SMILES string of the molecule is CCN1C[C@@H](CN(C)S(=O)(=O)c2ccc(C)cc2)Oc2ccccc21. The van der Waals surface area contributed by atoms with Crippen molar-refractivity contribution in [3.8, 4) is 5.75 Å². The van der Waals surface area contributed by atoms with Crippen LogP contribution in [0.3, 0.4) is 0 Å². The maximum atomic E-state index is 12.8. The number of hydrogen-bond acceptors (Lipinski definition) is 4. The van der Waals surface area contributed by atoms with Crippen LogP contribution in [0.4, 0.5) is 5.69 Å². The number of hydrogen-bond donors (Lipinski definition) is 0. The molecular weight excluding hydrogens is 336 g/mol. The minimum Gasteiger partial charge on any atom is -0.485 e. The van der Waals surface area contributed by atoms with E-state index in [4.69, 9.17) is 4.74 Å². The van der Waals surface area contributed by atoms with Crippen LogP contribution in [0, 0.1) is 6.92 Å². The Morgan fingerprint density at radius 3 is 2.52 bits per heavy atom. The molecule has 1 aliphatic rings. The van der Waals surface area contributed by atoms with Crippen LogP contribution in [0.1, 0.15) is 12.5 Å². The fraction of sp³-hybridized carbons (Fsp3) is 0.368. The smallest absolute Gasteiger partial charge is 0.242 e. The third-order valence-corrected chi connectivity index (χ3v) is 6.33. The minimum absolute atomic E-state index is 0.208. The maximum absolute atomic E-state index is 12.8. The van der Waals surface area contributed by atoms with E-state index in [1.165, 1.54) is 4.31 Å². The summed E-state index contributed by atoms with van der Waals surface area (Å²) < 4.78 is 33.0. The van der Waals surface area contributed by atoms with E-state index in [0.29, 0.717) is 18.0 Å². The summed E-state index contributed by atoms with van der Waals surface area (Å²) in [5.74, 6) is 0.807. The normalized spacial score (nSPS) is 17.3. The molecule has 0 saturated heterocycles. The van der Waals surface area contributed by atoms with E-state index < -0.39 is 10.0 Å². The van der Waals surface area contributed by atoms with Crippen molar-refractivity contribution < 1.29 is 13.2 Å². The van der Waals surface area contributed by atoms with Gasteiger partial charge in [0.1, 0.15) is 11.9 Å². The molecule has 0 bridgehead atoms. The van der Waals surface area contributed by atoms with Crippen molar-refractivity contribution >= 4 is 15.7 Å². The van der Waals surface area contributed by atoms with Crippen LogP contribution in [-0.2, 0) is 10.0 Å². The second-order valence-corrected chi connectivity index (χ2v) is 8.39. The maximum Gasteiger partial charge on any atom is 0.242 e. The van der Waals surface area contributed by atoms with Crippen molar-refractivity contribution in [1.29, 1.82) is 0 Å². The van der Waals surface area contributed by atoms with E-state index in [1.54, 1.807) is 19.2 Å². The van der Waals surface area contributed by atoms with Crippen molar-refractivity contribution in [2.75, 3.05) is 31.6 Å². The summed E-state index contributed by atoms with van der Waals surface area (Å²) in [5.41, 5.74) is 2.10. The van der Waals surface area contributed by atoms with Gasteiger partial charge in [0.05, 0.1) is 23.7 Å². The van der Waals surface area contributed by atoms with Crippen LogP contribution < -0.4 is 9.64 Å². The molecule has 25 heavy (non-hydrogen) atoms. The molecule has 2 aromatic carbocycles. The van der Waals surface area contributed by atoms with Crippen LogP contribution in [0.5, 0.6) is 5.75 Å². The summed E-state index contributed by atoms with van der Waals surface area (Å²) in [6.07, 6.45) is -0.208. The first-order chi connectivity index (χ1) is 11.9. The van der Waals surface area contributed by atoms with E-state index >= 15 is 0 Å². The molecule has 3 rings (SSSR count). The molecule has 5 nitrogen and oxygen atoms in total. The number of likely N-dealkylation sites (N-methyl/N-ethyl adjacent to an activating group) is 2. The van der Waals surface area contributed by atoms with E-state index in [0.717, 1.165) is 23.5 Å². The fourth-order valence-corrected chi connectivity index (χ4v) is 4.25. The van der Waals surface area contributed by atoms with Gasteiger partial charge in [-0.3, -0.25) is 0 Å². The average molecular weight is 360 g/mol. The highest BCUT2D eigenvalue weighted by atomic mass is 32.2. The first-order valence-electron chi connectivity index (χ1n) is 8.45. The third-order valence-electron chi connectivity index (χ3n) is 4.50.